The van der Waals surface area contributed by atoms with Crippen molar-refractivity contribution in [2.24, 2.45) is 22.7 Å². The number of carbonyl (C=O) groups excluding carboxylic acids is 2. The first-order valence-corrected chi connectivity index (χ1v) is 11.5. The number of hydrogen-bond donors (Lipinski definition) is 2. The highest BCUT2D eigenvalue weighted by Gasteiger charge is 2.66. The zero-order chi connectivity index (χ0) is 24.0. The van der Waals surface area contributed by atoms with Crippen LogP contribution in [0, 0.1) is 22.7 Å². The molecular weight excluding hydrogens is 420 g/mol. The maximum Gasteiger partial charge on any atom is 0.338 e. The second-order valence-corrected chi connectivity index (χ2v) is 9.99. The molecule has 0 radical (unpaired) electrons. The third kappa shape index (κ3) is 3.80. The summed E-state index contributed by atoms with van der Waals surface area (Å²) in [6.07, 6.45) is 6.14. The van der Waals surface area contributed by atoms with Crippen molar-refractivity contribution < 1.29 is 29.3 Å². The topological polar surface area (TPSA) is 93.1 Å². The molecule has 0 amide bonds. The molecule has 176 valence electrons. The minimum absolute atomic E-state index is 0.0636. The van der Waals surface area contributed by atoms with Gasteiger partial charge in [0.2, 0.25) is 0 Å². The van der Waals surface area contributed by atoms with Gasteiger partial charge in [-0.15, -0.1) is 0 Å². The van der Waals surface area contributed by atoms with Gasteiger partial charge in [0.15, 0.2) is 0 Å². The van der Waals surface area contributed by atoms with E-state index in [1.54, 1.807) is 6.08 Å². The number of cyclic esters (lactones) is 1. The predicted octanol–water partition coefficient (Wildman–Crippen LogP) is 4.34. The lowest BCUT2D eigenvalue weighted by atomic mass is 9.45. The molecule has 1 aromatic rings. The number of aliphatic hydroxyl groups excluding tert-OH is 1. The van der Waals surface area contributed by atoms with E-state index in [1.165, 1.54) is 24.3 Å². The lowest BCUT2D eigenvalue weighted by Crippen LogP contribution is -2.60. The number of hydrogen-bond acceptors (Lipinski definition) is 6. The largest absolute Gasteiger partial charge is 0.508 e. The minimum atomic E-state index is -0.796. The SMILES string of the molecule is C=C/C(C)=C/C[C@]1(C)[C@H](C)C[C@H](O)[C@@]23COC(=O)C2=C[C@H](OC(=O)c2ccc(O)cc2)C[C@@H]13. The van der Waals surface area contributed by atoms with Gasteiger partial charge in [0.05, 0.1) is 17.1 Å². The first-order chi connectivity index (χ1) is 15.6. The Labute approximate surface area is 194 Å². The van der Waals surface area contributed by atoms with E-state index in [0.717, 1.165) is 12.0 Å². The van der Waals surface area contributed by atoms with Gasteiger partial charge in [0.25, 0.3) is 0 Å². The highest BCUT2D eigenvalue weighted by molar-refractivity contribution is 5.93. The zero-order valence-corrected chi connectivity index (χ0v) is 19.4. The summed E-state index contributed by atoms with van der Waals surface area (Å²) in [5, 5.41) is 20.7. The van der Waals surface area contributed by atoms with Crippen LogP contribution in [-0.2, 0) is 14.3 Å². The molecule has 1 aliphatic heterocycles. The van der Waals surface area contributed by atoms with Crippen molar-refractivity contribution in [1.82, 2.24) is 0 Å². The molecule has 1 saturated carbocycles. The highest BCUT2D eigenvalue weighted by Crippen LogP contribution is 2.64. The Morgan fingerprint density at radius 1 is 1.30 bits per heavy atom. The number of rotatable bonds is 5. The molecule has 2 fully saturated rings. The summed E-state index contributed by atoms with van der Waals surface area (Å²) in [6.45, 7) is 10.3. The van der Waals surface area contributed by atoms with Crippen molar-refractivity contribution in [3.8, 4) is 5.75 Å². The van der Waals surface area contributed by atoms with E-state index in [1.807, 2.05) is 13.0 Å². The van der Waals surface area contributed by atoms with Crippen molar-refractivity contribution in [3.63, 3.8) is 0 Å². The molecule has 6 nitrogen and oxygen atoms in total. The van der Waals surface area contributed by atoms with Gasteiger partial charge >= 0.3 is 11.9 Å². The van der Waals surface area contributed by atoms with E-state index in [2.05, 4.69) is 26.5 Å². The number of benzene rings is 1. The third-order valence-corrected chi connectivity index (χ3v) is 8.25. The molecule has 2 aliphatic carbocycles. The summed E-state index contributed by atoms with van der Waals surface area (Å²) in [5.74, 6) is -0.848. The van der Waals surface area contributed by atoms with Crippen LogP contribution in [0.2, 0.25) is 0 Å². The number of aromatic hydroxyl groups is 1. The molecule has 33 heavy (non-hydrogen) atoms. The summed E-state index contributed by atoms with van der Waals surface area (Å²) in [6, 6.07) is 5.86. The zero-order valence-electron chi connectivity index (χ0n) is 19.4. The van der Waals surface area contributed by atoms with Crippen molar-refractivity contribution in [2.75, 3.05) is 6.61 Å². The fraction of sp³-hybridized carbons (Fsp3) is 0.481. The molecule has 4 rings (SSSR count). The van der Waals surface area contributed by atoms with Crippen LogP contribution in [0.4, 0.5) is 0 Å². The van der Waals surface area contributed by atoms with Gasteiger partial charge in [-0.2, -0.15) is 0 Å². The van der Waals surface area contributed by atoms with Gasteiger partial charge in [-0.25, -0.2) is 9.59 Å². The van der Waals surface area contributed by atoms with Crippen LogP contribution in [0.1, 0.15) is 50.4 Å². The van der Waals surface area contributed by atoms with Gasteiger partial charge in [-0.1, -0.05) is 38.2 Å². The van der Waals surface area contributed by atoms with Crippen LogP contribution in [0.3, 0.4) is 0 Å². The van der Waals surface area contributed by atoms with Crippen LogP contribution >= 0.6 is 0 Å². The molecule has 6 heteroatoms. The van der Waals surface area contributed by atoms with Crippen LogP contribution in [0.5, 0.6) is 5.75 Å². The smallest absolute Gasteiger partial charge is 0.338 e. The number of allylic oxidation sites excluding steroid dienone is 3. The van der Waals surface area contributed by atoms with Crippen molar-refractivity contribution >= 4 is 11.9 Å². The molecule has 1 spiro atoms. The van der Waals surface area contributed by atoms with E-state index in [-0.39, 0.29) is 29.6 Å². The molecule has 0 aromatic heterocycles. The first kappa shape index (κ1) is 23.3. The number of carbonyl (C=O) groups is 2. The lowest BCUT2D eigenvalue weighted by molar-refractivity contribution is -0.144. The fourth-order valence-electron chi connectivity index (χ4n) is 5.95. The monoisotopic (exact) mass is 452 g/mol. The van der Waals surface area contributed by atoms with Gasteiger partial charge in [0, 0.05) is 5.57 Å². The maximum atomic E-state index is 12.8. The first-order valence-electron chi connectivity index (χ1n) is 11.5. The van der Waals surface area contributed by atoms with E-state index >= 15 is 0 Å². The van der Waals surface area contributed by atoms with Crippen LogP contribution in [0.25, 0.3) is 0 Å². The summed E-state index contributed by atoms with van der Waals surface area (Å²) >= 11 is 0. The van der Waals surface area contributed by atoms with E-state index in [9.17, 15) is 19.8 Å². The summed E-state index contributed by atoms with van der Waals surface area (Å²) in [4.78, 5) is 25.5. The Bertz CT molecular complexity index is 1020. The highest BCUT2D eigenvalue weighted by atomic mass is 16.5. The fourth-order valence-corrected chi connectivity index (χ4v) is 5.95. The number of ether oxygens (including phenoxy) is 2. The third-order valence-electron chi connectivity index (χ3n) is 8.25. The van der Waals surface area contributed by atoms with Gasteiger partial charge in [-0.3, -0.25) is 0 Å². The van der Waals surface area contributed by atoms with Crippen LogP contribution < -0.4 is 0 Å². The second kappa shape index (κ2) is 8.49. The van der Waals surface area contributed by atoms with E-state index < -0.39 is 29.6 Å². The average molecular weight is 453 g/mol. The summed E-state index contributed by atoms with van der Waals surface area (Å²) < 4.78 is 11.3. The Balaban J connectivity index is 1.72. The minimum Gasteiger partial charge on any atom is -0.508 e. The molecule has 1 heterocycles. The normalized spacial score (nSPS) is 35.7. The molecule has 1 aromatic carbocycles. The standard InChI is InChI=1S/C27H32O6/c1-5-16(2)10-11-26(4)17(3)12-23(29)27-15-32-25(31)21(27)13-20(14-22(26)27)33-24(30)18-6-8-19(28)9-7-18/h5-10,13,17,20,22-23,28-29H,1,11-12,14-15H2,2-4H3/b16-10+/t17-,20+,22+,23+,26-,27+/m1/s1. The van der Waals surface area contributed by atoms with Crippen molar-refractivity contribution in [1.29, 1.82) is 0 Å². The number of aliphatic hydroxyl groups is 1. The van der Waals surface area contributed by atoms with Crippen molar-refractivity contribution in [3.05, 3.63) is 65.8 Å². The Morgan fingerprint density at radius 2 is 2.00 bits per heavy atom. The number of phenols is 1. The average Bonchev–Trinajstić information content (AvgIpc) is 3.13. The molecule has 2 N–H and O–H groups in total. The Kier molecular flexibility index (Phi) is 5.99. The lowest BCUT2D eigenvalue weighted by Gasteiger charge is -2.58. The number of esters is 2. The summed E-state index contributed by atoms with van der Waals surface area (Å²) in [5.41, 5.74) is 0.776. The molecule has 0 unspecified atom stereocenters. The maximum absolute atomic E-state index is 12.8. The van der Waals surface area contributed by atoms with Crippen LogP contribution in [0.15, 0.2) is 60.2 Å². The quantitative estimate of drug-likeness (QED) is 0.510. The molecule has 0 bridgehead atoms. The Morgan fingerprint density at radius 3 is 2.67 bits per heavy atom. The van der Waals surface area contributed by atoms with Crippen LogP contribution in [-0.4, -0.2) is 41.0 Å². The molecular formula is C27H32O6. The number of phenolic OH excluding ortho intramolecular Hbond substituents is 1. The van der Waals surface area contributed by atoms with Crippen molar-refractivity contribution in [2.45, 2.75) is 52.2 Å². The van der Waals surface area contributed by atoms with E-state index in [4.69, 9.17) is 9.47 Å². The van der Waals surface area contributed by atoms with Gasteiger partial charge < -0.3 is 19.7 Å². The van der Waals surface area contributed by atoms with Gasteiger partial charge in [0.1, 0.15) is 18.5 Å². The molecule has 3 aliphatic rings. The molecule has 1 saturated heterocycles. The Hall–Kier alpha value is -2.86. The van der Waals surface area contributed by atoms with E-state index in [0.29, 0.717) is 24.0 Å². The summed E-state index contributed by atoms with van der Waals surface area (Å²) in [7, 11) is 0. The second-order valence-electron chi connectivity index (χ2n) is 9.99. The molecule has 6 atom stereocenters. The predicted molar refractivity (Wildman–Crippen MR) is 123 cm³/mol. The van der Waals surface area contributed by atoms with Gasteiger partial charge in [-0.05, 0) is 73.8 Å².